The maximum atomic E-state index is 5.36. The molecule has 1 saturated heterocycles. The van der Waals surface area contributed by atoms with Gasteiger partial charge < -0.3 is 0 Å². The molecule has 3 nitrogen and oxygen atoms in total. The van der Waals surface area contributed by atoms with Crippen LogP contribution in [0.4, 0.5) is 0 Å². The van der Waals surface area contributed by atoms with E-state index in [4.69, 9.17) is 9.05 Å². The van der Waals surface area contributed by atoms with E-state index in [1.165, 1.54) is 0 Å². The van der Waals surface area contributed by atoms with Gasteiger partial charge in [0.15, 0.2) is 0 Å². The number of rotatable bonds is 1. The average Bonchev–Trinajstić information content (AvgIpc) is 2.16. The number of hydrogen-bond donors (Lipinski definition) is 0. The van der Waals surface area contributed by atoms with Crippen LogP contribution < -0.4 is 0 Å². The second-order valence-electron chi connectivity index (χ2n) is 1.98. The van der Waals surface area contributed by atoms with E-state index < -0.39 is 6.11 Å². The first kappa shape index (κ1) is 7.93. The van der Waals surface area contributed by atoms with Crippen LogP contribution >= 0.6 is 6.11 Å². The summed E-state index contributed by atoms with van der Waals surface area (Å²) < 4.78 is 12.7. The molecule has 0 amide bonds. The summed E-state index contributed by atoms with van der Waals surface area (Å²) in [5, 5.41) is 0. The van der Waals surface area contributed by atoms with Gasteiger partial charge in [0.05, 0.1) is 0 Å². The standard InChI is InChI=1S/C4H10NO2PSe/c1-5(2)8(9)6-3-4-7-8/h3-4H2,1-2H3. The molecule has 1 aliphatic heterocycles. The van der Waals surface area contributed by atoms with E-state index in [-0.39, 0.29) is 0 Å². The average molecular weight is 214 g/mol. The third-order valence-corrected chi connectivity index (χ3v) is 6.46. The molecule has 0 bridgehead atoms. The van der Waals surface area contributed by atoms with E-state index in [9.17, 15) is 0 Å². The molecule has 0 aromatic rings. The third kappa shape index (κ3) is 1.64. The van der Waals surface area contributed by atoms with Crippen molar-refractivity contribution in [2.75, 3.05) is 27.3 Å². The molecule has 1 heterocycles. The third-order valence-electron chi connectivity index (χ3n) is 1.08. The van der Waals surface area contributed by atoms with Crippen LogP contribution in [0.15, 0.2) is 0 Å². The van der Waals surface area contributed by atoms with E-state index in [2.05, 4.69) is 15.1 Å². The van der Waals surface area contributed by atoms with E-state index in [0.717, 1.165) is 13.2 Å². The van der Waals surface area contributed by atoms with Crippen molar-refractivity contribution in [3.63, 3.8) is 0 Å². The predicted octanol–water partition coefficient (Wildman–Crippen LogP) is 0.441. The zero-order valence-electron chi connectivity index (χ0n) is 5.53. The Kier molecular flexibility index (Phi) is 2.49. The van der Waals surface area contributed by atoms with Crippen molar-refractivity contribution in [3.05, 3.63) is 0 Å². The summed E-state index contributed by atoms with van der Waals surface area (Å²) in [7, 11) is 3.91. The Hall–Kier alpha value is 0.829. The van der Waals surface area contributed by atoms with Crippen LogP contribution in [0, 0.1) is 0 Å². The van der Waals surface area contributed by atoms with Gasteiger partial charge in [0.25, 0.3) is 0 Å². The van der Waals surface area contributed by atoms with Crippen molar-refractivity contribution in [1.29, 1.82) is 0 Å². The molecule has 0 saturated carbocycles. The molecule has 1 fully saturated rings. The molecule has 0 unspecified atom stereocenters. The Morgan fingerprint density at radius 2 is 1.78 bits per heavy atom. The molecule has 0 radical (unpaired) electrons. The summed E-state index contributed by atoms with van der Waals surface area (Å²) in [4.78, 5) is 0. The number of nitrogens with zero attached hydrogens (tertiary/aromatic N) is 1. The summed E-state index contributed by atoms with van der Waals surface area (Å²) in [5.74, 6) is 0. The van der Waals surface area contributed by atoms with Crippen molar-refractivity contribution in [2.24, 2.45) is 0 Å². The summed E-state index contributed by atoms with van der Waals surface area (Å²) >= 11 is 2.94. The van der Waals surface area contributed by atoms with Crippen molar-refractivity contribution >= 4 is 21.2 Å². The topological polar surface area (TPSA) is 21.7 Å². The molecule has 1 rings (SSSR count). The minimum absolute atomic E-state index is 0.721. The van der Waals surface area contributed by atoms with Gasteiger partial charge in [0.1, 0.15) is 0 Å². The van der Waals surface area contributed by atoms with Crippen LogP contribution in [0.3, 0.4) is 0 Å². The first-order valence-electron chi connectivity index (χ1n) is 2.72. The van der Waals surface area contributed by atoms with Crippen LogP contribution in [0.5, 0.6) is 0 Å². The Morgan fingerprint density at radius 3 is 2.00 bits per heavy atom. The summed E-state index contributed by atoms with van der Waals surface area (Å²) in [6.07, 6.45) is -1.68. The fraction of sp³-hybridized carbons (Fsp3) is 1.00. The first-order valence-corrected chi connectivity index (χ1v) is 6.51. The van der Waals surface area contributed by atoms with Crippen molar-refractivity contribution in [3.8, 4) is 0 Å². The van der Waals surface area contributed by atoms with Gasteiger partial charge in [-0.3, -0.25) is 0 Å². The Bertz CT molecular complexity index is 140. The van der Waals surface area contributed by atoms with Crippen LogP contribution in [0.2, 0.25) is 0 Å². The molecule has 1 aliphatic rings. The van der Waals surface area contributed by atoms with Gasteiger partial charge in [-0.25, -0.2) is 0 Å². The van der Waals surface area contributed by atoms with E-state index in [0.29, 0.717) is 0 Å². The van der Waals surface area contributed by atoms with E-state index in [1.54, 1.807) is 0 Å². The Labute approximate surface area is 62.8 Å². The molecule has 0 atom stereocenters. The van der Waals surface area contributed by atoms with Crippen LogP contribution in [-0.2, 0) is 9.05 Å². The molecule has 0 aromatic heterocycles. The monoisotopic (exact) mass is 215 g/mol. The van der Waals surface area contributed by atoms with Gasteiger partial charge >= 0.3 is 62.2 Å². The van der Waals surface area contributed by atoms with Gasteiger partial charge in [-0.15, -0.1) is 0 Å². The van der Waals surface area contributed by atoms with Crippen LogP contribution in [0.25, 0.3) is 0 Å². The Morgan fingerprint density at radius 1 is 1.33 bits per heavy atom. The molecule has 54 valence electrons. The second-order valence-corrected chi connectivity index (χ2v) is 7.14. The first-order chi connectivity index (χ1) is 4.15. The minimum atomic E-state index is -1.68. The SMILES string of the molecule is CN(C)P1(=[Se])OCCO1. The Balaban J connectivity index is 2.62. The normalized spacial score (nSPS) is 25.2. The summed E-state index contributed by atoms with van der Waals surface area (Å²) in [5.41, 5.74) is 0. The quantitative estimate of drug-likeness (QED) is 0.467. The summed E-state index contributed by atoms with van der Waals surface area (Å²) in [6.45, 7) is 1.44. The molecular weight excluding hydrogens is 204 g/mol. The van der Waals surface area contributed by atoms with Gasteiger partial charge in [-0.05, 0) is 0 Å². The van der Waals surface area contributed by atoms with Crippen LogP contribution in [0.1, 0.15) is 0 Å². The van der Waals surface area contributed by atoms with Crippen molar-refractivity contribution in [1.82, 2.24) is 4.67 Å². The molecule has 0 spiro atoms. The number of hydrogen-bond acceptors (Lipinski definition) is 3. The molecule has 0 aromatic carbocycles. The van der Waals surface area contributed by atoms with Crippen molar-refractivity contribution in [2.45, 2.75) is 0 Å². The predicted molar refractivity (Wildman–Crippen MR) is 38.3 cm³/mol. The van der Waals surface area contributed by atoms with Gasteiger partial charge in [-0.2, -0.15) is 0 Å². The molecule has 0 N–H and O–H groups in total. The second kappa shape index (κ2) is 2.83. The van der Waals surface area contributed by atoms with Gasteiger partial charge in [-0.1, -0.05) is 0 Å². The molecule has 9 heavy (non-hydrogen) atoms. The zero-order valence-corrected chi connectivity index (χ0v) is 8.14. The van der Waals surface area contributed by atoms with E-state index in [1.807, 2.05) is 18.8 Å². The molecule has 5 heteroatoms. The zero-order chi connectivity index (χ0) is 6.91. The van der Waals surface area contributed by atoms with E-state index >= 15 is 0 Å². The van der Waals surface area contributed by atoms with Gasteiger partial charge in [0.2, 0.25) is 0 Å². The maximum absolute atomic E-state index is 5.36. The summed E-state index contributed by atoms with van der Waals surface area (Å²) in [6, 6.07) is 0. The van der Waals surface area contributed by atoms with Gasteiger partial charge in [0, 0.05) is 0 Å². The van der Waals surface area contributed by atoms with Crippen LogP contribution in [-0.4, -0.2) is 47.1 Å². The molecule has 0 aliphatic carbocycles. The van der Waals surface area contributed by atoms with Crippen molar-refractivity contribution < 1.29 is 9.05 Å². The molecular formula is C4H10NO2PSe. The fourth-order valence-corrected chi connectivity index (χ4v) is 2.66. The fourth-order valence-electron chi connectivity index (χ4n) is 0.573.